The minimum absolute atomic E-state index is 0.0130. The smallest absolute Gasteiger partial charge is 0.211 e. The van der Waals surface area contributed by atoms with Crippen LogP contribution in [0.1, 0.15) is 19.8 Å². The molecule has 1 aliphatic rings. The van der Waals surface area contributed by atoms with Gasteiger partial charge in [-0.05, 0) is 44.0 Å². The molecule has 0 saturated carbocycles. The lowest BCUT2D eigenvalue weighted by Gasteiger charge is -2.31. The molecule has 2 heterocycles. The van der Waals surface area contributed by atoms with Crippen LogP contribution >= 0.6 is 11.6 Å². The Bertz CT molecular complexity index is 1250. The van der Waals surface area contributed by atoms with Crippen LogP contribution in [0.3, 0.4) is 0 Å². The number of ether oxygens (including phenoxy) is 2. The molecule has 1 fully saturated rings. The van der Waals surface area contributed by atoms with E-state index in [0.29, 0.717) is 48.6 Å². The van der Waals surface area contributed by atoms with Gasteiger partial charge in [0.1, 0.15) is 18.2 Å². The fourth-order valence-electron chi connectivity index (χ4n) is 3.68. The summed E-state index contributed by atoms with van der Waals surface area (Å²) in [7, 11) is -3.22. The van der Waals surface area contributed by atoms with E-state index in [-0.39, 0.29) is 11.1 Å². The van der Waals surface area contributed by atoms with E-state index in [1.165, 1.54) is 29.0 Å². The van der Waals surface area contributed by atoms with Gasteiger partial charge in [0.25, 0.3) is 0 Å². The Morgan fingerprint density at radius 1 is 1.21 bits per heavy atom. The Labute approximate surface area is 196 Å². The number of piperidine rings is 1. The van der Waals surface area contributed by atoms with Gasteiger partial charge >= 0.3 is 0 Å². The normalized spacial score (nSPS) is 16.5. The molecule has 1 aliphatic heterocycles. The molecule has 0 radical (unpaired) electrons. The Morgan fingerprint density at radius 3 is 2.67 bits per heavy atom. The van der Waals surface area contributed by atoms with Crippen LogP contribution in [-0.4, -0.2) is 54.4 Å². The molecule has 1 unspecified atom stereocenters. The number of hydrogen-bond donors (Lipinski definition) is 1. The molecule has 3 aromatic rings. The average Bonchev–Trinajstić information content (AvgIpc) is 2.76. The highest BCUT2D eigenvalue weighted by Gasteiger charge is 2.27. The van der Waals surface area contributed by atoms with Gasteiger partial charge in [-0.1, -0.05) is 11.6 Å². The van der Waals surface area contributed by atoms with E-state index in [0.717, 1.165) is 5.39 Å². The maximum Gasteiger partial charge on any atom is 0.211 e. The number of nitrogens with zero attached hydrogens (tertiary/aromatic N) is 3. The summed E-state index contributed by atoms with van der Waals surface area (Å²) >= 11 is 5.86. The van der Waals surface area contributed by atoms with E-state index in [1.54, 1.807) is 25.3 Å². The SMILES string of the molecule is CC(Nc1ccc(F)c(Cl)c1)Oc1cc2ncncc2cc1OC1CCN(S(C)(=O)=O)CC1. The molecule has 0 amide bonds. The summed E-state index contributed by atoms with van der Waals surface area (Å²) in [4.78, 5) is 8.34. The zero-order valence-corrected chi connectivity index (χ0v) is 19.7. The number of fused-ring (bicyclic) bond motifs is 1. The Kier molecular flexibility index (Phi) is 6.87. The highest BCUT2D eigenvalue weighted by molar-refractivity contribution is 7.88. The predicted molar refractivity (Wildman–Crippen MR) is 125 cm³/mol. The molecule has 1 N–H and O–H groups in total. The van der Waals surface area contributed by atoms with Crippen LogP contribution in [0.2, 0.25) is 5.02 Å². The van der Waals surface area contributed by atoms with Crippen LogP contribution in [0.4, 0.5) is 10.1 Å². The number of hydrogen-bond acceptors (Lipinski definition) is 7. The average molecular weight is 495 g/mol. The van der Waals surface area contributed by atoms with E-state index in [9.17, 15) is 12.8 Å². The molecule has 0 bridgehead atoms. The van der Waals surface area contributed by atoms with Crippen molar-refractivity contribution in [2.75, 3.05) is 24.7 Å². The molecule has 0 spiro atoms. The quantitative estimate of drug-likeness (QED) is 0.495. The highest BCUT2D eigenvalue weighted by atomic mass is 35.5. The molecule has 1 saturated heterocycles. The number of halogens is 2. The number of nitrogens with one attached hydrogen (secondary N) is 1. The van der Waals surface area contributed by atoms with E-state index >= 15 is 0 Å². The first-order valence-electron chi connectivity index (χ1n) is 10.4. The highest BCUT2D eigenvalue weighted by Crippen LogP contribution is 2.34. The summed E-state index contributed by atoms with van der Waals surface area (Å²) in [5.74, 6) is 0.489. The fraction of sp³-hybridized carbons (Fsp3) is 0.364. The first kappa shape index (κ1) is 23.5. The Morgan fingerprint density at radius 2 is 1.97 bits per heavy atom. The summed E-state index contributed by atoms with van der Waals surface area (Å²) in [5.41, 5.74) is 1.30. The lowest BCUT2D eigenvalue weighted by Crippen LogP contribution is -2.41. The maximum atomic E-state index is 13.4. The first-order valence-corrected chi connectivity index (χ1v) is 12.7. The first-order chi connectivity index (χ1) is 15.7. The predicted octanol–water partition coefficient (Wildman–Crippen LogP) is 4.06. The van der Waals surface area contributed by atoms with Crippen LogP contribution in [0, 0.1) is 5.82 Å². The summed E-state index contributed by atoms with van der Waals surface area (Å²) in [6, 6.07) is 7.92. The van der Waals surface area contributed by atoms with Crippen LogP contribution in [0.5, 0.6) is 11.5 Å². The van der Waals surface area contributed by atoms with E-state index in [2.05, 4.69) is 15.3 Å². The summed E-state index contributed by atoms with van der Waals surface area (Å²) in [6.45, 7) is 2.61. The molecule has 8 nitrogen and oxygen atoms in total. The zero-order valence-electron chi connectivity index (χ0n) is 18.2. The van der Waals surface area contributed by atoms with Gasteiger partial charge in [-0.15, -0.1) is 0 Å². The van der Waals surface area contributed by atoms with E-state index < -0.39 is 22.1 Å². The molecule has 1 aromatic heterocycles. The van der Waals surface area contributed by atoms with Gasteiger partial charge in [0, 0.05) is 36.4 Å². The molecule has 0 aliphatic carbocycles. The van der Waals surface area contributed by atoms with Crippen LogP contribution < -0.4 is 14.8 Å². The number of benzene rings is 2. The number of anilines is 1. The molecular weight excluding hydrogens is 471 g/mol. The van der Waals surface area contributed by atoms with Crippen molar-refractivity contribution in [1.29, 1.82) is 0 Å². The fourth-order valence-corrected chi connectivity index (χ4v) is 4.73. The van der Waals surface area contributed by atoms with Crippen molar-refractivity contribution in [2.24, 2.45) is 0 Å². The second-order valence-corrected chi connectivity index (χ2v) is 10.3. The molecular formula is C22H24ClFN4O4S. The summed E-state index contributed by atoms with van der Waals surface area (Å²) in [5, 5.41) is 3.93. The standard InChI is InChI=1S/C22H24ClFN4O4S/c1-14(27-16-3-4-19(24)18(23)10-16)31-22-11-20-15(12-25-13-26-20)9-21(22)32-17-5-7-28(8-6-17)33(2,29)30/h3-4,9-14,17,27H,5-8H2,1-2H3. The van der Waals surface area contributed by atoms with E-state index in [1.807, 2.05) is 6.07 Å². The molecule has 2 aromatic carbocycles. The largest absolute Gasteiger partial charge is 0.486 e. The topological polar surface area (TPSA) is 93.7 Å². The van der Waals surface area contributed by atoms with Gasteiger partial charge < -0.3 is 14.8 Å². The third-order valence-corrected chi connectivity index (χ3v) is 6.92. The third-order valence-electron chi connectivity index (χ3n) is 5.33. The van der Waals surface area contributed by atoms with E-state index in [4.69, 9.17) is 21.1 Å². The monoisotopic (exact) mass is 494 g/mol. The van der Waals surface area contributed by atoms with Gasteiger partial charge in [-0.25, -0.2) is 27.1 Å². The molecule has 4 rings (SSSR count). The van der Waals surface area contributed by atoms with Crippen molar-refractivity contribution in [2.45, 2.75) is 32.1 Å². The van der Waals surface area contributed by atoms with Crippen molar-refractivity contribution < 1.29 is 22.3 Å². The number of aromatic nitrogens is 2. The third kappa shape index (κ3) is 5.82. The van der Waals surface area contributed by atoms with Gasteiger partial charge in [0.05, 0.1) is 16.8 Å². The molecule has 1 atom stereocenters. The van der Waals surface area contributed by atoms with Gasteiger partial charge in [-0.2, -0.15) is 0 Å². The lowest BCUT2D eigenvalue weighted by molar-refractivity contribution is 0.127. The Hall–Kier alpha value is -2.69. The second kappa shape index (κ2) is 9.66. The van der Waals surface area contributed by atoms with Crippen molar-refractivity contribution in [3.8, 4) is 11.5 Å². The maximum absolute atomic E-state index is 13.4. The molecule has 11 heteroatoms. The van der Waals surface area contributed by atoms with Crippen molar-refractivity contribution in [3.63, 3.8) is 0 Å². The number of sulfonamides is 1. The van der Waals surface area contributed by atoms with Gasteiger partial charge in [0.15, 0.2) is 17.7 Å². The summed E-state index contributed by atoms with van der Waals surface area (Å²) < 4.78 is 50.8. The van der Waals surface area contributed by atoms with Crippen molar-refractivity contribution in [1.82, 2.24) is 14.3 Å². The molecule has 176 valence electrons. The minimum Gasteiger partial charge on any atom is -0.486 e. The minimum atomic E-state index is -3.22. The molecule has 33 heavy (non-hydrogen) atoms. The van der Waals surface area contributed by atoms with Gasteiger partial charge in [0.2, 0.25) is 10.0 Å². The van der Waals surface area contributed by atoms with Crippen LogP contribution in [0.15, 0.2) is 42.9 Å². The zero-order chi connectivity index (χ0) is 23.6. The van der Waals surface area contributed by atoms with Crippen LogP contribution in [0.25, 0.3) is 10.9 Å². The van der Waals surface area contributed by atoms with Gasteiger partial charge in [-0.3, -0.25) is 0 Å². The Balaban J connectivity index is 1.52. The lowest BCUT2D eigenvalue weighted by atomic mass is 10.1. The van der Waals surface area contributed by atoms with Crippen molar-refractivity contribution >= 4 is 38.2 Å². The second-order valence-electron chi connectivity index (χ2n) is 7.89. The van der Waals surface area contributed by atoms with Crippen LogP contribution in [-0.2, 0) is 10.0 Å². The number of rotatable bonds is 7. The van der Waals surface area contributed by atoms with Crippen molar-refractivity contribution in [3.05, 3.63) is 53.7 Å². The summed E-state index contributed by atoms with van der Waals surface area (Å²) in [6.07, 6.45) is 4.83.